The van der Waals surface area contributed by atoms with Crippen molar-refractivity contribution in [1.29, 1.82) is 0 Å². The predicted octanol–water partition coefficient (Wildman–Crippen LogP) is 2.27. The molecule has 0 fully saturated rings. The first-order chi connectivity index (χ1) is 9.78. The van der Waals surface area contributed by atoms with Gasteiger partial charge >= 0.3 is 0 Å². The molecule has 1 heterocycles. The van der Waals surface area contributed by atoms with Gasteiger partial charge in [0.15, 0.2) is 0 Å². The Morgan fingerprint density at radius 1 is 1.35 bits per heavy atom. The highest BCUT2D eigenvalue weighted by molar-refractivity contribution is 5.32. The Morgan fingerprint density at radius 2 is 2.20 bits per heavy atom. The molecule has 0 bridgehead atoms. The Balaban J connectivity index is 1.87. The van der Waals surface area contributed by atoms with E-state index in [1.807, 2.05) is 13.2 Å². The molecule has 1 aromatic carbocycles. The zero-order valence-corrected chi connectivity index (χ0v) is 12.2. The number of hydrogen-bond donors (Lipinski definition) is 1. The highest BCUT2D eigenvalue weighted by Gasteiger charge is 2.27. The van der Waals surface area contributed by atoms with Crippen LogP contribution in [-0.4, -0.2) is 22.0 Å². The number of fused-ring (bicyclic) bond motifs is 1. The molecular formula is C16H22N4. The maximum Gasteiger partial charge on any atom is 0.0830 e. The van der Waals surface area contributed by atoms with Crippen molar-refractivity contribution in [2.45, 2.75) is 31.7 Å². The molecule has 2 unspecified atom stereocenters. The van der Waals surface area contributed by atoms with Crippen LogP contribution in [0.4, 0.5) is 0 Å². The van der Waals surface area contributed by atoms with Gasteiger partial charge in [-0.05, 0) is 49.8 Å². The lowest BCUT2D eigenvalue weighted by Crippen LogP contribution is -2.26. The van der Waals surface area contributed by atoms with Crippen molar-refractivity contribution in [1.82, 2.24) is 20.3 Å². The Labute approximate surface area is 120 Å². The summed E-state index contributed by atoms with van der Waals surface area (Å²) in [6, 6.07) is 9.24. The monoisotopic (exact) mass is 270 g/mol. The second-order valence-electron chi connectivity index (χ2n) is 5.71. The Morgan fingerprint density at radius 3 is 2.95 bits per heavy atom. The second kappa shape index (κ2) is 5.75. The molecule has 20 heavy (non-hydrogen) atoms. The normalized spacial score (nSPS) is 22.3. The summed E-state index contributed by atoms with van der Waals surface area (Å²) < 4.78 is 1.79. The molecule has 106 valence electrons. The van der Waals surface area contributed by atoms with E-state index in [-0.39, 0.29) is 0 Å². The highest BCUT2D eigenvalue weighted by Crippen LogP contribution is 2.34. The Hall–Kier alpha value is -1.68. The third kappa shape index (κ3) is 2.61. The van der Waals surface area contributed by atoms with E-state index in [9.17, 15) is 0 Å². The van der Waals surface area contributed by atoms with E-state index < -0.39 is 0 Å². The molecule has 1 N–H and O–H groups in total. The maximum atomic E-state index is 4.25. The molecule has 0 spiro atoms. The minimum atomic E-state index is 0.413. The second-order valence-corrected chi connectivity index (χ2v) is 5.71. The van der Waals surface area contributed by atoms with Crippen molar-refractivity contribution >= 4 is 0 Å². The summed E-state index contributed by atoms with van der Waals surface area (Å²) in [5.41, 5.74) is 4.05. The molecule has 3 rings (SSSR count). The van der Waals surface area contributed by atoms with E-state index in [2.05, 4.69) is 46.9 Å². The van der Waals surface area contributed by atoms with Gasteiger partial charge in [0.25, 0.3) is 0 Å². The smallest absolute Gasteiger partial charge is 0.0830 e. The summed E-state index contributed by atoms with van der Waals surface area (Å²) in [5.74, 6) is 0.584. The molecule has 2 aromatic rings. The molecule has 0 saturated carbocycles. The SMILES string of the molecule is CNC1c2ccccc2CCCC1Cc1cn(C)nn1. The number of aryl methyl sites for hydroxylation is 2. The molecule has 0 aliphatic heterocycles. The summed E-state index contributed by atoms with van der Waals surface area (Å²) >= 11 is 0. The molecule has 0 saturated heterocycles. The van der Waals surface area contributed by atoms with Gasteiger partial charge in [-0.1, -0.05) is 29.5 Å². The number of nitrogens with zero attached hydrogens (tertiary/aromatic N) is 3. The van der Waals surface area contributed by atoms with Crippen LogP contribution >= 0.6 is 0 Å². The van der Waals surface area contributed by atoms with Gasteiger partial charge in [-0.15, -0.1) is 5.10 Å². The summed E-state index contributed by atoms with van der Waals surface area (Å²) in [4.78, 5) is 0. The van der Waals surface area contributed by atoms with Crippen LogP contribution in [0.1, 0.15) is 35.7 Å². The van der Waals surface area contributed by atoms with Gasteiger partial charge in [0, 0.05) is 19.3 Å². The summed E-state index contributed by atoms with van der Waals surface area (Å²) in [6.07, 6.45) is 6.69. The highest BCUT2D eigenvalue weighted by atomic mass is 15.4. The zero-order chi connectivity index (χ0) is 13.9. The number of hydrogen-bond acceptors (Lipinski definition) is 3. The first-order valence-corrected chi connectivity index (χ1v) is 7.38. The van der Waals surface area contributed by atoms with Crippen LogP contribution in [0.5, 0.6) is 0 Å². The summed E-state index contributed by atoms with van der Waals surface area (Å²) in [6.45, 7) is 0. The minimum Gasteiger partial charge on any atom is -0.313 e. The molecule has 1 aliphatic rings. The van der Waals surface area contributed by atoms with Gasteiger partial charge in [0.2, 0.25) is 0 Å². The molecule has 4 heteroatoms. The van der Waals surface area contributed by atoms with Gasteiger partial charge in [-0.25, -0.2) is 0 Å². The lowest BCUT2D eigenvalue weighted by atomic mass is 9.87. The van der Waals surface area contributed by atoms with E-state index >= 15 is 0 Å². The average Bonchev–Trinajstić information content (AvgIpc) is 2.78. The van der Waals surface area contributed by atoms with Crippen LogP contribution in [0, 0.1) is 5.92 Å². The average molecular weight is 270 g/mol. The first-order valence-electron chi connectivity index (χ1n) is 7.38. The third-order valence-electron chi connectivity index (χ3n) is 4.32. The molecular weight excluding hydrogens is 248 g/mol. The zero-order valence-electron chi connectivity index (χ0n) is 12.2. The lowest BCUT2D eigenvalue weighted by molar-refractivity contribution is 0.356. The van der Waals surface area contributed by atoms with Gasteiger partial charge in [-0.2, -0.15) is 0 Å². The van der Waals surface area contributed by atoms with Gasteiger partial charge in [0.05, 0.1) is 5.69 Å². The molecule has 0 amide bonds. The number of aromatic nitrogens is 3. The van der Waals surface area contributed by atoms with Crippen LogP contribution < -0.4 is 5.32 Å². The number of rotatable bonds is 3. The van der Waals surface area contributed by atoms with E-state index in [0.717, 1.165) is 12.1 Å². The Kier molecular flexibility index (Phi) is 3.83. The van der Waals surface area contributed by atoms with E-state index in [0.29, 0.717) is 12.0 Å². The lowest BCUT2D eigenvalue weighted by Gasteiger charge is -2.25. The van der Waals surface area contributed by atoms with Crippen molar-refractivity contribution in [3.63, 3.8) is 0 Å². The third-order valence-corrected chi connectivity index (χ3v) is 4.32. The fraction of sp³-hybridized carbons (Fsp3) is 0.500. The van der Waals surface area contributed by atoms with Crippen LogP contribution in [0.15, 0.2) is 30.5 Å². The molecule has 0 radical (unpaired) electrons. The van der Waals surface area contributed by atoms with Crippen molar-refractivity contribution in [2.24, 2.45) is 13.0 Å². The maximum absolute atomic E-state index is 4.25. The van der Waals surface area contributed by atoms with E-state index in [1.165, 1.54) is 30.4 Å². The Bertz CT molecular complexity index is 575. The largest absolute Gasteiger partial charge is 0.313 e. The number of benzene rings is 1. The molecule has 4 nitrogen and oxygen atoms in total. The summed E-state index contributed by atoms with van der Waals surface area (Å²) in [5, 5.41) is 11.8. The summed E-state index contributed by atoms with van der Waals surface area (Å²) in [7, 11) is 3.99. The van der Waals surface area contributed by atoms with Gasteiger partial charge in [-0.3, -0.25) is 4.68 Å². The minimum absolute atomic E-state index is 0.413. The molecule has 1 aliphatic carbocycles. The molecule has 1 aromatic heterocycles. The van der Waals surface area contributed by atoms with Crippen molar-refractivity contribution in [2.75, 3.05) is 7.05 Å². The quantitative estimate of drug-likeness (QED) is 0.870. The van der Waals surface area contributed by atoms with E-state index in [4.69, 9.17) is 0 Å². The van der Waals surface area contributed by atoms with Crippen molar-refractivity contribution < 1.29 is 0 Å². The predicted molar refractivity (Wildman–Crippen MR) is 79.4 cm³/mol. The molecule has 2 atom stereocenters. The fourth-order valence-corrected chi connectivity index (χ4v) is 3.41. The van der Waals surface area contributed by atoms with Crippen molar-refractivity contribution in [3.05, 3.63) is 47.3 Å². The van der Waals surface area contributed by atoms with Crippen LogP contribution in [0.3, 0.4) is 0 Å². The van der Waals surface area contributed by atoms with Crippen LogP contribution in [-0.2, 0) is 19.9 Å². The number of nitrogens with one attached hydrogen (secondary N) is 1. The van der Waals surface area contributed by atoms with Gasteiger partial charge in [0.1, 0.15) is 0 Å². The van der Waals surface area contributed by atoms with Crippen molar-refractivity contribution in [3.8, 4) is 0 Å². The van der Waals surface area contributed by atoms with E-state index in [1.54, 1.807) is 4.68 Å². The topological polar surface area (TPSA) is 42.7 Å². The van der Waals surface area contributed by atoms with Crippen LogP contribution in [0.2, 0.25) is 0 Å². The van der Waals surface area contributed by atoms with Gasteiger partial charge < -0.3 is 5.32 Å². The first kappa shape index (κ1) is 13.3. The standard InChI is InChI=1S/C16H22N4/c1-17-16-13(10-14-11-20(2)19-18-14)8-5-7-12-6-3-4-9-15(12)16/h3-4,6,9,11,13,16-17H,5,7-8,10H2,1-2H3. The van der Waals surface area contributed by atoms with Crippen LogP contribution in [0.25, 0.3) is 0 Å². The fourth-order valence-electron chi connectivity index (χ4n) is 3.41.